The van der Waals surface area contributed by atoms with Gasteiger partial charge in [0.25, 0.3) is 0 Å². The fourth-order valence-electron chi connectivity index (χ4n) is 3.31. The van der Waals surface area contributed by atoms with Gasteiger partial charge in [-0.05, 0) is 42.7 Å². The van der Waals surface area contributed by atoms with E-state index >= 15 is 0 Å². The maximum absolute atomic E-state index is 11.8. The van der Waals surface area contributed by atoms with E-state index in [-0.39, 0.29) is 24.1 Å². The number of hydrogen-bond donors (Lipinski definition) is 0. The summed E-state index contributed by atoms with van der Waals surface area (Å²) < 4.78 is 4.42. The number of fused-ring (bicyclic) bond motifs is 4. The van der Waals surface area contributed by atoms with Gasteiger partial charge in [0.2, 0.25) is 0 Å². The molecule has 0 bridgehead atoms. The first-order chi connectivity index (χ1) is 11.0. The molecule has 0 N–H and O–H groups in total. The second kappa shape index (κ2) is 5.43. The van der Waals surface area contributed by atoms with Crippen LogP contribution in [0.15, 0.2) is 35.4 Å². The highest BCUT2D eigenvalue weighted by molar-refractivity contribution is 6.02. The number of carbonyl (C=O) groups is 4. The number of Topliss-reactive ketones (excluding diaryl/α,β-unsaturated/α-hetero) is 1. The van der Waals surface area contributed by atoms with E-state index in [0.29, 0.717) is 23.0 Å². The summed E-state index contributed by atoms with van der Waals surface area (Å²) in [5.41, 5.74) is 3.76. The number of benzene rings is 1. The monoisotopic (exact) mass is 310 g/mol. The molecule has 0 aliphatic heterocycles. The molecule has 3 rings (SSSR count). The summed E-state index contributed by atoms with van der Waals surface area (Å²) in [6, 6.07) is 3.46. The van der Waals surface area contributed by atoms with Crippen molar-refractivity contribution in [3.8, 4) is 0 Å². The Hall–Kier alpha value is -2.82. The van der Waals surface area contributed by atoms with Crippen molar-refractivity contribution in [2.45, 2.75) is 25.7 Å². The van der Waals surface area contributed by atoms with Crippen LogP contribution in [0.4, 0.5) is 0 Å². The highest BCUT2D eigenvalue weighted by atomic mass is 16.6. The van der Waals surface area contributed by atoms with Crippen LogP contribution in [0.3, 0.4) is 0 Å². The SMILES string of the molecule is CC(=O)c1cc2c(cc1C=O)C1C=C(C)C(C(=O)OC=O)=CC21. The number of hydrogen-bond acceptors (Lipinski definition) is 5. The Morgan fingerprint density at radius 2 is 1.74 bits per heavy atom. The van der Waals surface area contributed by atoms with Gasteiger partial charge in [-0.1, -0.05) is 12.2 Å². The third-order valence-corrected chi connectivity index (χ3v) is 4.44. The second-order valence-electron chi connectivity index (χ2n) is 5.73. The predicted molar refractivity (Wildman–Crippen MR) is 81.3 cm³/mol. The third kappa shape index (κ3) is 2.25. The number of ether oxygens (including phenoxy) is 1. The van der Waals surface area contributed by atoms with Gasteiger partial charge in [-0.25, -0.2) is 4.79 Å². The van der Waals surface area contributed by atoms with E-state index < -0.39 is 5.97 Å². The highest BCUT2D eigenvalue weighted by Gasteiger charge is 2.39. The van der Waals surface area contributed by atoms with Crippen LogP contribution < -0.4 is 0 Å². The van der Waals surface area contributed by atoms with E-state index in [0.717, 1.165) is 16.7 Å². The number of allylic oxidation sites excluding steroid dienone is 2. The first-order valence-electron chi connectivity index (χ1n) is 7.17. The Morgan fingerprint density at radius 1 is 1.09 bits per heavy atom. The lowest BCUT2D eigenvalue weighted by molar-refractivity contribution is -0.147. The average Bonchev–Trinajstić information content (AvgIpc) is 2.52. The van der Waals surface area contributed by atoms with Crippen molar-refractivity contribution in [1.29, 1.82) is 0 Å². The van der Waals surface area contributed by atoms with Crippen molar-refractivity contribution in [3.05, 3.63) is 57.7 Å². The van der Waals surface area contributed by atoms with Crippen LogP contribution in [0.1, 0.15) is 57.5 Å². The van der Waals surface area contributed by atoms with Crippen molar-refractivity contribution in [1.82, 2.24) is 0 Å². The van der Waals surface area contributed by atoms with Crippen LogP contribution in [0.25, 0.3) is 0 Å². The number of carbonyl (C=O) groups excluding carboxylic acids is 4. The van der Waals surface area contributed by atoms with Crippen LogP contribution >= 0.6 is 0 Å². The van der Waals surface area contributed by atoms with Gasteiger partial charge < -0.3 is 4.74 Å². The van der Waals surface area contributed by atoms with Gasteiger partial charge in [-0.15, -0.1) is 0 Å². The van der Waals surface area contributed by atoms with Crippen LogP contribution in [-0.2, 0) is 14.3 Å². The fourth-order valence-corrected chi connectivity index (χ4v) is 3.31. The summed E-state index contributed by atoms with van der Waals surface area (Å²) in [7, 11) is 0. The van der Waals surface area contributed by atoms with Gasteiger partial charge in [0.1, 0.15) is 0 Å². The van der Waals surface area contributed by atoms with Crippen LogP contribution in [0.2, 0.25) is 0 Å². The number of aldehydes is 1. The zero-order valence-electron chi connectivity index (χ0n) is 12.7. The van der Waals surface area contributed by atoms with E-state index in [9.17, 15) is 19.2 Å². The topological polar surface area (TPSA) is 77.5 Å². The van der Waals surface area contributed by atoms with E-state index in [1.165, 1.54) is 6.92 Å². The Balaban J connectivity index is 2.06. The zero-order chi connectivity index (χ0) is 16.7. The first-order valence-corrected chi connectivity index (χ1v) is 7.17. The van der Waals surface area contributed by atoms with E-state index in [2.05, 4.69) is 4.74 Å². The zero-order valence-corrected chi connectivity index (χ0v) is 12.7. The summed E-state index contributed by atoms with van der Waals surface area (Å²) in [6.07, 6.45) is 4.38. The van der Waals surface area contributed by atoms with Crippen molar-refractivity contribution in [2.75, 3.05) is 0 Å². The molecule has 5 heteroatoms. The molecule has 2 aliphatic carbocycles. The van der Waals surface area contributed by atoms with E-state index in [1.807, 2.05) is 6.08 Å². The summed E-state index contributed by atoms with van der Waals surface area (Å²) in [6.45, 7) is 3.30. The molecule has 2 unspecified atom stereocenters. The third-order valence-electron chi connectivity index (χ3n) is 4.44. The van der Waals surface area contributed by atoms with Gasteiger partial charge in [0, 0.05) is 23.0 Å². The molecule has 0 heterocycles. The molecule has 0 aromatic heterocycles. The average molecular weight is 310 g/mol. The minimum atomic E-state index is -0.683. The lowest BCUT2D eigenvalue weighted by Crippen LogP contribution is -2.27. The van der Waals surface area contributed by atoms with Crippen LogP contribution in [0.5, 0.6) is 0 Å². The fraction of sp³-hybridized carbons (Fsp3) is 0.222. The molecule has 23 heavy (non-hydrogen) atoms. The van der Waals surface area contributed by atoms with Gasteiger partial charge in [-0.3, -0.25) is 14.4 Å². The lowest BCUT2D eigenvalue weighted by atomic mass is 9.63. The van der Waals surface area contributed by atoms with Crippen LogP contribution in [-0.4, -0.2) is 24.5 Å². The van der Waals surface area contributed by atoms with Gasteiger partial charge in [-0.2, -0.15) is 0 Å². The molecule has 2 aliphatic rings. The van der Waals surface area contributed by atoms with Gasteiger partial charge >= 0.3 is 12.4 Å². The number of rotatable bonds is 4. The van der Waals surface area contributed by atoms with Crippen molar-refractivity contribution >= 4 is 24.5 Å². The molecule has 116 valence electrons. The molecule has 0 radical (unpaired) electrons. The number of ketones is 1. The standard InChI is InChI=1S/C18H14O5/c1-9-3-14-15-4-11(7-19)13(10(2)21)6-17(15)16(14)5-12(9)18(22)23-8-20/h3-8,14,16H,1-2H3. The molecule has 0 amide bonds. The Kier molecular flexibility index (Phi) is 3.56. The number of esters is 1. The van der Waals surface area contributed by atoms with Crippen molar-refractivity contribution in [2.24, 2.45) is 0 Å². The lowest BCUT2D eigenvalue weighted by Gasteiger charge is -2.40. The Bertz CT molecular complexity index is 813. The molecule has 0 saturated carbocycles. The maximum Gasteiger partial charge on any atom is 0.345 e. The molecule has 1 aromatic rings. The highest BCUT2D eigenvalue weighted by Crippen LogP contribution is 2.52. The molecular formula is C18H14O5. The smallest absolute Gasteiger partial charge is 0.345 e. The summed E-state index contributed by atoms with van der Waals surface area (Å²) in [5.74, 6) is -0.846. The van der Waals surface area contributed by atoms with E-state index in [4.69, 9.17) is 0 Å². The van der Waals surface area contributed by atoms with Gasteiger partial charge in [0.05, 0.1) is 5.57 Å². The molecule has 2 atom stereocenters. The maximum atomic E-state index is 11.8. The summed E-state index contributed by atoms with van der Waals surface area (Å²) >= 11 is 0. The molecular weight excluding hydrogens is 296 g/mol. The van der Waals surface area contributed by atoms with Crippen LogP contribution in [0, 0.1) is 0 Å². The minimum absolute atomic E-state index is 0.0540. The predicted octanol–water partition coefficient (Wildman–Crippen LogP) is 2.47. The minimum Gasteiger partial charge on any atom is -0.392 e. The molecule has 0 fully saturated rings. The quantitative estimate of drug-likeness (QED) is 0.369. The molecule has 0 spiro atoms. The second-order valence-corrected chi connectivity index (χ2v) is 5.73. The normalized spacial score (nSPS) is 21.0. The van der Waals surface area contributed by atoms with Crippen molar-refractivity contribution < 1.29 is 23.9 Å². The molecule has 1 aromatic carbocycles. The first kappa shape index (κ1) is 15.1. The Morgan fingerprint density at radius 3 is 2.35 bits per heavy atom. The molecule has 5 nitrogen and oxygen atoms in total. The van der Waals surface area contributed by atoms with Crippen molar-refractivity contribution in [3.63, 3.8) is 0 Å². The largest absolute Gasteiger partial charge is 0.392 e. The summed E-state index contributed by atoms with van der Waals surface area (Å²) in [4.78, 5) is 45.0. The Labute approximate surface area is 132 Å². The van der Waals surface area contributed by atoms with E-state index in [1.54, 1.807) is 25.1 Å². The van der Waals surface area contributed by atoms with Gasteiger partial charge in [0.15, 0.2) is 12.1 Å². The summed E-state index contributed by atoms with van der Waals surface area (Å²) in [5, 5.41) is 0. The molecule has 0 saturated heterocycles.